The van der Waals surface area contributed by atoms with Crippen LogP contribution in [0.2, 0.25) is 0 Å². The molecule has 0 bridgehead atoms. The van der Waals surface area contributed by atoms with Crippen molar-refractivity contribution in [3.05, 3.63) is 118 Å². The summed E-state index contributed by atoms with van der Waals surface area (Å²) in [6.45, 7) is 3.83. The number of benzene rings is 2. The van der Waals surface area contributed by atoms with Gasteiger partial charge in [0, 0.05) is 35.1 Å². The van der Waals surface area contributed by atoms with Crippen molar-refractivity contribution in [3.63, 3.8) is 0 Å². The Morgan fingerprint density at radius 1 is 1.09 bits per heavy atom. The molecular formula is C27H24N4OS. The summed E-state index contributed by atoms with van der Waals surface area (Å²) in [6.07, 6.45) is 3.41. The Labute approximate surface area is 198 Å². The number of anilines is 1. The van der Waals surface area contributed by atoms with Crippen molar-refractivity contribution < 1.29 is 4.79 Å². The molecule has 4 rings (SSSR count). The summed E-state index contributed by atoms with van der Waals surface area (Å²) in [4.78, 5) is 17.7. The van der Waals surface area contributed by atoms with Gasteiger partial charge in [-0.25, -0.2) is 0 Å². The molecular weight excluding hydrogens is 428 g/mol. The molecule has 2 heterocycles. The Morgan fingerprint density at radius 2 is 1.85 bits per heavy atom. The zero-order valence-electron chi connectivity index (χ0n) is 18.5. The van der Waals surface area contributed by atoms with Gasteiger partial charge in [-0.05, 0) is 42.7 Å². The van der Waals surface area contributed by atoms with E-state index in [1.807, 2.05) is 68.4 Å². The number of rotatable bonds is 6. The molecule has 1 amide bonds. The van der Waals surface area contributed by atoms with Crippen LogP contribution in [0.5, 0.6) is 0 Å². The number of allylic oxidation sites excluding steroid dienone is 2. The number of carbonyl (C=O) groups is 1. The number of hydrogen-bond donors (Lipinski definition) is 2. The first-order chi connectivity index (χ1) is 16.1. The Morgan fingerprint density at radius 3 is 2.55 bits per heavy atom. The number of amides is 1. The highest BCUT2D eigenvalue weighted by atomic mass is 32.2. The van der Waals surface area contributed by atoms with Crippen LogP contribution in [0.25, 0.3) is 0 Å². The topological polar surface area (TPSA) is 77.8 Å². The lowest BCUT2D eigenvalue weighted by molar-refractivity contribution is -0.113. The zero-order valence-corrected chi connectivity index (χ0v) is 19.3. The number of nitrogens with zero attached hydrogens (tertiary/aromatic N) is 2. The number of dihydropyridines is 1. The summed E-state index contributed by atoms with van der Waals surface area (Å²) >= 11 is 1.57. The lowest BCUT2D eigenvalue weighted by atomic mass is 9.82. The summed E-state index contributed by atoms with van der Waals surface area (Å²) < 4.78 is 0. The molecule has 33 heavy (non-hydrogen) atoms. The molecule has 2 aromatic carbocycles. The molecule has 1 aromatic heterocycles. The Balaban J connectivity index is 1.71. The second-order valence-electron chi connectivity index (χ2n) is 7.78. The number of carbonyl (C=O) groups excluding carboxylic acids is 1. The van der Waals surface area contributed by atoms with Crippen molar-refractivity contribution in [1.82, 2.24) is 10.3 Å². The van der Waals surface area contributed by atoms with Crippen molar-refractivity contribution in [3.8, 4) is 6.07 Å². The third-order valence-electron chi connectivity index (χ3n) is 5.53. The van der Waals surface area contributed by atoms with Crippen molar-refractivity contribution in [2.75, 3.05) is 5.32 Å². The van der Waals surface area contributed by atoms with E-state index >= 15 is 0 Å². The average Bonchev–Trinajstić information content (AvgIpc) is 2.84. The zero-order chi connectivity index (χ0) is 23.2. The SMILES string of the molecule is CC1=C(C(=O)Nc2ccccc2C)C(c2cccnc2)C(C#N)=C(SCc2ccccc2)N1. The molecule has 2 N–H and O–H groups in total. The molecule has 6 heteroatoms. The highest BCUT2D eigenvalue weighted by molar-refractivity contribution is 8.02. The second kappa shape index (κ2) is 10.2. The predicted octanol–water partition coefficient (Wildman–Crippen LogP) is 5.66. The second-order valence-corrected chi connectivity index (χ2v) is 8.77. The lowest BCUT2D eigenvalue weighted by Crippen LogP contribution is -2.30. The molecule has 0 saturated carbocycles. The highest BCUT2D eigenvalue weighted by Crippen LogP contribution is 2.41. The van der Waals surface area contributed by atoms with Crippen molar-refractivity contribution in [2.45, 2.75) is 25.5 Å². The van der Waals surface area contributed by atoms with E-state index in [2.05, 4.69) is 33.8 Å². The Bertz CT molecular complexity index is 1260. The number of aromatic nitrogens is 1. The number of thioether (sulfide) groups is 1. The van der Waals surface area contributed by atoms with E-state index in [4.69, 9.17) is 0 Å². The van der Waals surface area contributed by atoms with Crippen LogP contribution in [0.3, 0.4) is 0 Å². The lowest BCUT2D eigenvalue weighted by Gasteiger charge is -2.30. The van der Waals surface area contributed by atoms with Gasteiger partial charge in [0.2, 0.25) is 0 Å². The molecule has 164 valence electrons. The monoisotopic (exact) mass is 452 g/mol. The molecule has 5 nitrogen and oxygen atoms in total. The number of aryl methyl sites for hydroxylation is 1. The quantitative estimate of drug-likeness (QED) is 0.505. The normalized spacial score (nSPS) is 15.6. The van der Waals surface area contributed by atoms with Gasteiger partial charge in [0.25, 0.3) is 5.91 Å². The molecule has 1 aliphatic heterocycles. The van der Waals surface area contributed by atoms with Crippen LogP contribution >= 0.6 is 11.8 Å². The van der Waals surface area contributed by atoms with E-state index in [1.54, 1.807) is 24.2 Å². The van der Waals surface area contributed by atoms with E-state index in [1.165, 1.54) is 0 Å². The third kappa shape index (κ3) is 5.00. The standard InChI is InChI=1S/C27H24N4OS/c1-18-9-6-7-13-23(18)31-26(32)24-19(2)30-27(33-17-20-10-4-3-5-11-20)22(15-28)25(24)21-12-8-14-29-16-21/h3-14,16,25,30H,17H2,1-2H3,(H,31,32). The van der Waals surface area contributed by atoms with Crippen LogP contribution in [0.15, 0.2) is 101 Å². The van der Waals surface area contributed by atoms with E-state index < -0.39 is 5.92 Å². The highest BCUT2D eigenvalue weighted by Gasteiger charge is 2.35. The Hall–Kier alpha value is -3.82. The van der Waals surface area contributed by atoms with Crippen LogP contribution in [0, 0.1) is 18.3 Å². The molecule has 1 aliphatic rings. The van der Waals surface area contributed by atoms with Crippen LogP contribution < -0.4 is 10.6 Å². The minimum Gasteiger partial charge on any atom is -0.353 e. The van der Waals surface area contributed by atoms with Gasteiger partial charge >= 0.3 is 0 Å². The largest absolute Gasteiger partial charge is 0.353 e. The summed E-state index contributed by atoms with van der Waals surface area (Å²) in [5.41, 5.74) is 5.46. The van der Waals surface area contributed by atoms with Crippen LogP contribution in [0.4, 0.5) is 5.69 Å². The van der Waals surface area contributed by atoms with Crippen LogP contribution in [0.1, 0.15) is 29.5 Å². The minimum atomic E-state index is -0.507. The number of nitriles is 1. The van der Waals surface area contributed by atoms with E-state index in [0.717, 1.165) is 33.1 Å². The maximum atomic E-state index is 13.5. The first kappa shape index (κ1) is 22.4. The van der Waals surface area contributed by atoms with Gasteiger partial charge in [0.05, 0.1) is 22.6 Å². The maximum Gasteiger partial charge on any atom is 0.254 e. The third-order valence-corrected chi connectivity index (χ3v) is 6.62. The van der Waals surface area contributed by atoms with Gasteiger partial charge in [-0.15, -0.1) is 11.8 Å². The predicted molar refractivity (Wildman–Crippen MR) is 133 cm³/mol. The molecule has 1 atom stereocenters. The van der Waals surface area contributed by atoms with Gasteiger partial charge in [0.1, 0.15) is 0 Å². The van der Waals surface area contributed by atoms with Crippen molar-refractivity contribution in [1.29, 1.82) is 5.26 Å². The fourth-order valence-corrected chi connectivity index (χ4v) is 4.89. The van der Waals surface area contributed by atoms with Gasteiger partial charge in [-0.2, -0.15) is 5.26 Å². The minimum absolute atomic E-state index is 0.233. The smallest absolute Gasteiger partial charge is 0.254 e. The number of hydrogen-bond acceptors (Lipinski definition) is 5. The fraction of sp³-hybridized carbons (Fsp3) is 0.148. The molecule has 0 saturated heterocycles. The number of nitrogens with one attached hydrogen (secondary N) is 2. The molecule has 0 radical (unpaired) electrons. The molecule has 1 unspecified atom stereocenters. The molecule has 3 aromatic rings. The Kier molecular flexibility index (Phi) is 6.92. The summed E-state index contributed by atoms with van der Waals surface area (Å²) in [6, 6.07) is 23.9. The number of para-hydroxylation sites is 1. The van der Waals surface area contributed by atoms with E-state index in [9.17, 15) is 10.1 Å². The summed E-state index contributed by atoms with van der Waals surface area (Å²) in [5, 5.41) is 17.3. The molecule has 0 spiro atoms. The molecule has 0 fully saturated rings. The van der Waals surface area contributed by atoms with Gasteiger partial charge < -0.3 is 10.6 Å². The molecule has 0 aliphatic carbocycles. The van der Waals surface area contributed by atoms with E-state index in [0.29, 0.717) is 16.9 Å². The first-order valence-corrected chi connectivity index (χ1v) is 11.6. The summed E-state index contributed by atoms with van der Waals surface area (Å²) in [7, 11) is 0. The van der Waals surface area contributed by atoms with E-state index in [-0.39, 0.29) is 5.91 Å². The van der Waals surface area contributed by atoms with Crippen molar-refractivity contribution in [2.24, 2.45) is 0 Å². The average molecular weight is 453 g/mol. The van der Waals surface area contributed by atoms with Crippen LogP contribution in [-0.4, -0.2) is 10.9 Å². The fourth-order valence-electron chi connectivity index (χ4n) is 3.84. The maximum absolute atomic E-state index is 13.5. The van der Waals surface area contributed by atoms with Crippen molar-refractivity contribution >= 4 is 23.4 Å². The summed E-state index contributed by atoms with van der Waals surface area (Å²) in [5.74, 6) is -0.0261. The number of pyridine rings is 1. The van der Waals surface area contributed by atoms with Gasteiger partial charge in [0.15, 0.2) is 0 Å². The van der Waals surface area contributed by atoms with Gasteiger partial charge in [-0.1, -0.05) is 54.6 Å². The van der Waals surface area contributed by atoms with Gasteiger partial charge in [-0.3, -0.25) is 9.78 Å². The first-order valence-electron chi connectivity index (χ1n) is 10.6. The van der Waals surface area contributed by atoms with Crippen LogP contribution in [-0.2, 0) is 10.5 Å².